The molecule has 0 amide bonds. The molecule has 0 aliphatic carbocycles. The second-order valence-electron chi connectivity index (χ2n) is 3.99. The van der Waals surface area contributed by atoms with Gasteiger partial charge < -0.3 is 4.74 Å². The van der Waals surface area contributed by atoms with Gasteiger partial charge in [0.05, 0.1) is 12.6 Å². The van der Waals surface area contributed by atoms with Gasteiger partial charge in [0.2, 0.25) is 0 Å². The van der Waals surface area contributed by atoms with E-state index in [4.69, 9.17) is 10.6 Å². The minimum atomic E-state index is 0.141. The molecule has 1 unspecified atom stereocenters. The number of aryl methyl sites for hydroxylation is 1. The molecular weight excluding hydrogens is 200 g/mol. The van der Waals surface area contributed by atoms with Gasteiger partial charge in [-0.1, -0.05) is 30.3 Å². The lowest BCUT2D eigenvalue weighted by molar-refractivity contribution is 0.212. The summed E-state index contributed by atoms with van der Waals surface area (Å²) in [7, 11) is 0. The maximum absolute atomic E-state index is 5.55. The summed E-state index contributed by atoms with van der Waals surface area (Å²) >= 11 is 0. The van der Waals surface area contributed by atoms with Gasteiger partial charge in [0.15, 0.2) is 0 Å². The van der Waals surface area contributed by atoms with Crippen LogP contribution in [-0.2, 0) is 11.2 Å². The van der Waals surface area contributed by atoms with E-state index in [0.29, 0.717) is 0 Å². The third-order valence-corrected chi connectivity index (χ3v) is 2.84. The Morgan fingerprint density at radius 3 is 2.75 bits per heavy atom. The molecule has 1 heterocycles. The summed E-state index contributed by atoms with van der Waals surface area (Å²) in [5, 5.41) is 0. The lowest BCUT2D eigenvalue weighted by Crippen LogP contribution is -2.37. The fraction of sp³-hybridized carbons (Fsp3) is 0.385. The van der Waals surface area contributed by atoms with Gasteiger partial charge >= 0.3 is 0 Å². The minimum Gasteiger partial charge on any atom is -0.496 e. The van der Waals surface area contributed by atoms with Crippen molar-refractivity contribution < 1.29 is 4.74 Å². The first-order valence-electron chi connectivity index (χ1n) is 5.73. The summed E-state index contributed by atoms with van der Waals surface area (Å²) in [6.45, 7) is 0.791. The summed E-state index contributed by atoms with van der Waals surface area (Å²) in [5.41, 5.74) is 4.16. The van der Waals surface area contributed by atoms with E-state index in [2.05, 4.69) is 35.8 Å². The summed E-state index contributed by atoms with van der Waals surface area (Å²) < 4.78 is 5.51. The second-order valence-corrected chi connectivity index (χ2v) is 3.99. The predicted molar refractivity (Wildman–Crippen MR) is 64.5 cm³/mol. The normalized spacial score (nSPS) is 16.7. The molecule has 0 fully saturated rings. The smallest absolute Gasteiger partial charge is 0.110 e. The van der Waals surface area contributed by atoms with Gasteiger partial charge in [-0.05, 0) is 24.5 Å². The fourth-order valence-electron chi connectivity index (χ4n) is 1.94. The Labute approximate surface area is 96.3 Å². The molecule has 0 radical (unpaired) electrons. The Bertz CT molecular complexity index is 348. The Morgan fingerprint density at radius 2 is 2.12 bits per heavy atom. The van der Waals surface area contributed by atoms with Gasteiger partial charge in [0.1, 0.15) is 5.76 Å². The highest BCUT2D eigenvalue weighted by Gasteiger charge is 2.16. The third-order valence-electron chi connectivity index (χ3n) is 2.84. The van der Waals surface area contributed by atoms with Crippen LogP contribution in [0.3, 0.4) is 0 Å². The van der Waals surface area contributed by atoms with Crippen LogP contribution in [0.4, 0.5) is 0 Å². The van der Waals surface area contributed by atoms with Crippen LogP contribution in [0.25, 0.3) is 0 Å². The molecule has 1 atom stereocenters. The first-order chi connectivity index (χ1) is 7.90. The number of hydrogen-bond donors (Lipinski definition) is 2. The number of hydrazine groups is 1. The molecule has 1 aromatic carbocycles. The first-order valence-corrected chi connectivity index (χ1v) is 5.73. The Balaban J connectivity index is 1.88. The van der Waals surface area contributed by atoms with Crippen LogP contribution in [0.5, 0.6) is 0 Å². The number of nitrogens with two attached hydrogens (primary N) is 1. The SMILES string of the molecule is NNC(CCc1ccccc1)C1=CCCO1. The lowest BCUT2D eigenvalue weighted by Gasteiger charge is -2.16. The van der Waals surface area contributed by atoms with Crippen molar-refractivity contribution in [3.05, 3.63) is 47.7 Å². The van der Waals surface area contributed by atoms with Crippen molar-refractivity contribution >= 4 is 0 Å². The maximum atomic E-state index is 5.55. The molecule has 3 nitrogen and oxygen atoms in total. The van der Waals surface area contributed by atoms with E-state index in [-0.39, 0.29) is 6.04 Å². The monoisotopic (exact) mass is 218 g/mol. The molecule has 3 N–H and O–H groups in total. The molecule has 16 heavy (non-hydrogen) atoms. The highest BCUT2D eigenvalue weighted by Crippen LogP contribution is 2.17. The van der Waals surface area contributed by atoms with E-state index < -0.39 is 0 Å². The van der Waals surface area contributed by atoms with E-state index in [9.17, 15) is 0 Å². The van der Waals surface area contributed by atoms with Crippen LogP contribution in [0.2, 0.25) is 0 Å². The van der Waals surface area contributed by atoms with Crippen molar-refractivity contribution in [3.63, 3.8) is 0 Å². The van der Waals surface area contributed by atoms with Crippen LogP contribution < -0.4 is 11.3 Å². The maximum Gasteiger partial charge on any atom is 0.110 e. The van der Waals surface area contributed by atoms with Crippen molar-refractivity contribution in [2.24, 2.45) is 5.84 Å². The number of rotatable bonds is 5. The number of ether oxygens (including phenoxy) is 1. The molecule has 0 saturated carbocycles. The van der Waals surface area contributed by atoms with Crippen molar-refractivity contribution in [2.45, 2.75) is 25.3 Å². The molecule has 1 aromatic rings. The molecule has 2 rings (SSSR count). The van der Waals surface area contributed by atoms with E-state index in [1.165, 1.54) is 5.56 Å². The van der Waals surface area contributed by atoms with Crippen LogP contribution >= 0.6 is 0 Å². The molecule has 0 saturated heterocycles. The van der Waals surface area contributed by atoms with Gasteiger partial charge in [-0.15, -0.1) is 0 Å². The Morgan fingerprint density at radius 1 is 1.31 bits per heavy atom. The highest BCUT2D eigenvalue weighted by atomic mass is 16.5. The second kappa shape index (κ2) is 5.68. The predicted octanol–water partition coefficient (Wildman–Crippen LogP) is 1.76. The zero-order chi connectivity index (χ0) is 11.2. The first kappa shape index (κ1) is 11.2. The fourth-order valence-corrected chi connectivity index (χ4v) is 1.94. The average molecular weight is 218 g/mol. The molecular formula is C13H18N2O. The van der Waals surface area contributed by atoms with Crippen molar-refractivity contribution in [3.8, 4) is 0 Å². The molecule has 1 aliphatic heterocycles. The van der Waals surface area contributed by atoms with Crippen LogP contribution in [0.1, 0.15) is 18.4 Å². The van der Waals surface area contributed by atoms with Gasteiger partial charge in [-0.25, -0.2) is 5.43 Å². The number of nitrogens with one attached hydrogen (secondary N) is 1. The zero-order valence-corrected chi connectivity index (χ0v) is 9.36. The largest absolute Gasteiger partial charge is 0.496 e. The van der Waals surface area contributed by atoms with E-state index >= 15 is 0 Å². The van der Waals surface area contributed by atoms with Crippen molar-refractivity contribution in [2.75, 3.05) is 6.61 Å². The molecule has 1 aliphatic rings. The van der Waals surface area contributed by atoms with Crippen LogP contribution in [-0.4, -0.2) is 12.6 Å². The minimum absolute atomic E-state index is 0.141. The molecule has 3 heteroatoms. The zero-order valence-electron chi connectivity index (χ0n) is 9.36. The standard InChI is InChI=1S/C13H18N2O/c14-15-12(13-7-4-10-16-13)9-8-11-5-2-1-3-6-11/h1-3,5-7,12,15H,4,8-10,14H2. The van der Waals surface area contributed by atoms with Gasteiger partial charge in [0.25, 0.3) is 0 Å². The topological polar surface area (TPSA) is 47.3 Å². The van der Waals surface area contributed by atoms with Gasteiger partial charge in [-0.2, -0.15) is 0 Å². The van der Waals surface area contributed by atoms with Crippen molar-refractivity contribution in [1.29, 1.82) is 0 Å². The number of benzene rings is 1. The summed E-state index contributed by atoms with van der Waals surface area (Å²) in [4.78, 5) is 0. The highest BCUT2D eigenvalue weighted by molar-refractivity contribution is 5.16. The Kier molecular flexibility index (Phi) is 3.97. The third kappa shape index (κ3) is 2.84. The molecule has 0 aromatic heterocycles. The molecule has 0 spiro atoms. The van der Waals surface area contributed by atoms with Crippen LogP contribution in [0.15, 0.2) is 42.2 Å². The molecule has 0 bridgehead atoms. The summed E-state index contributed by atoms with van der Waals surface area (Å²) in [5.74, 6) is 6.54. The van der Waals surface area contributed by atoms with E-state index in [0.717, 1.165) is 31.6 Å². The average Bonchev–Trinajstić information content (AvgIpc) is 2.85. The lowest BCUT2D eigenvalue weighted by atomic mass is 10.0. The van der Waals surface area contributed by atoms with Crippen molar-refractivity contribution in [1.82, 2.24) is 5.43 Å². The van der Waals surface area contributed by atoms with E-state index in [1.807, 2.05) is 6.07 Å². The molecule has 86 valence electrons. The Hall–Kier alpha value is -1.32. The summed E-state index contributed by atoms with van der Waals surface area (Å²) in [6, 6.07) is 10.6. The summed E-state index contributed by atoms with van der Waals surface area (Å²) in [6.07, 6.45) is 5.09. The van der Waals surface area contributed by atoms with E-state index in [1.54, 1.807) is 0 Å². The van der Waals surface area contributed by atoms with Gasteiger partial charge in [-0.3, -0.25) is 5.84 Å². The number of hydrogen-bond acceptors (Lipinski definition) is 3. The van der Waals surface area contributed by atoms with Gasteiger partial charge in [0, 0.05) is 6.42 Å². The van der Waals surface area contributed by atoms with Crippen LogP contribution in [0, 0.1) is 0 Å². The quantitative estimate of drug-likeness (QED) is 0.584.